The van der Waals surface area contributed by atoms with E-state index >= 15 is 0 Å². The van der Waals surface area contributed by atoms with E-state index in [-0.39, 0.29) is 11.8 Å². The van der Waals surface area contributed by atoms with Crippen molar-refractivity contribution >= 4 is 5.91 Å². The molecule has 0 saturated carbocycles. The van der Waals surface area contributed by atoms with E-state index in [1.165, 1.54) is 0 Å². The van der Waals surface area contributed by atoms with Crippen LogP contribution < -0.4 is 0 Å². The summed E-state index contributed by atoms with van der Waals surface area (Å²) in [5.41, 5.74) is 1.10. The molecule has 1 aromatic carbocycles. The van der Waals surface area contributed by atoms with Gasteiger partial charge in [0.05, 0.1) is 12.5 Å². The highest BCUT2D eigenvalue weighted by molar-refractivity contribution is 5.83. The fourth-order valence-electron chi connectivity index (χ4n) is 3.16. The summed E-state index contributed by atoms with van der Waals surface area (Å²) in [7, 11) is 1.73. The first-order valence-electron chi connectivity index (χ1n) is 7.51. The first-order chi connectivity index (χ1) is 9.67. The molecule has 0 aromatic heterocycles. The van der Waals surface area contributed by atoms with Crippen molar-refractivity contribution in [2.45, 2.75) is 38.6 Å². The number of ether oxygens (including phenoxy) is 1. The Morgan fingerprint density at radius 3 is 2.70 bits per heavy atom. The zero-order valence-electron chi connectivity index (χ0n) is 12.7. The van der Waals surface area contributed by atoms with E-state index < -0.39 is 0 Å². The molecule has 1 aliphatic rings. The molecule has 2 rings (SSSR count). The predicted molar refractivity (Wildman–Crippen MR) is 80.6 cm³/mol. The van der Waals surface area contributed by atoms with Gasteiger partial charge in [-0.3, -0.25) is 4.79 Å². The van der Waals surface area contributed by atoms with Gasteiger partial charge in [0, 0.05) is 25.6 Å². The van der Waals surface area contributed by atoms with E-state index in [1.54, 1.807) is 7.11 Å². The fraction of sp³-hybridized carbons (Fsp3) is 0.588. The number of hydrogen-bond acceptors (Lipinski definition) is 2. The van der Waals surface area contributed by atoms with Gasteiger partial charge in [-0.25, -0.2) is 0 Å². The Bertz CT molecular complexity index is 432. The zero-order chi connectivity index (χ0) is 14.5. The Morgan fingerprint density at radius 1 is 1.40 bits per heavy atom. The van der Waals surface area contributed by atoms with E-state index in [9.17, 15) is 4.79 Å². The Hall–Kier alpha value is -1.35. The average Bonchev–Trinajstić information content (AvgIpc) is 2.90. The van der Waals surface area contributed by atoms with E-state index in [1.807, 2.05) is 37.3 Å². The second-order valence-electron chi connectivity index (χ2n) is 5.74. The van der Waals surface area contributed by atoms with Gasteiger partial charge in [-0.1, -0.05) is 37.3 Å². The molecule has 110 valence electrons. The maximum atomic E-state index is 12.7. The molecule has 20 heavy (non-hydrogen) atoms. The van der Waals surface area contributed by atoms with Crippen LogP contribution in [0.5, 0.6) is 0 Å². The summed E-state index contributed by atoms with van der Waals surface area (Å²) in [4.78, 5) is 14.8. The maximum Gasteiger partial charge on any atom is 0.230 e. The van der Waals surface area contributed by atoms with Crippen molar-refractivity contribution in [3.63, 3.8) is 0 Å². The smallest absolute Gasteiger partial charge is 0.230 e. The highest BCUT2D eigenvalue weighted by Gasteiger charge is 2.35. The molecule has 0 aliphatic carbocycles. The Kier molecular flexibility index (Phi) is 5.18. The SMILES string of the molecule is CC[C@@H]1CC(COC)CN1C(=O)C(C)c1ccccc1. The molecule has 1 fully saturated rings. The maximum absolute atomic E-state index is 12.7. The van der Waals surface area contributed by atoms with Crippen molar-refractivity contribution in [1.29, 1.82) is 0 Å². The molecule has 1 aliphatic heterocycles. The lowest BCUT2D eigenvalue weighted by atomic mass is 9.99. The summed E-state index contributed by atoms with van der Waals surface area (Å²) in [6.45, 7) is 5.75. The van der Waals surface area contributed by atoms with Crippen LogP contribution in [0.1, 0.15) is 38.2 Å². The molecule has 1 heterocycles. The molecule has 0 N–H and O–H groups in total. The lowest BCUT2D eigenvalue weighted by molar-refractivity contribution is -0.133. The van der Waals surface area contributed by atoms with Gasteiger partial charge < -0.3 is 9.64 Å². The predicted octanol–water partition coefficient (Wildman–Crippen LogP) is 3.06. The molecule has 3 atom stereocenters. The van der Waals surface area contributed by atoms with Gasteiger partial charge in [-0.15, -0.1) is 0 Å². The standard InChI is InChI=1S/C17H25NO2/c1-4-16-10-14(12-20-3)11-18(16)17(19)13(2)15-8-6-5-7-9-15/h5-9,13-14,16H,4,10-12H2,1-3H3/t13?,14?,16-/m1/s1. The van der Waals surface area contributed by atoms with Gasteiger partial charge in [0.2, 0.25) is 5.91 Å². The van der Waals surface area contributed by atoms with Crippen LogP contribution in [0, 0.1) is 5.92 Å². The van der Waals surface area contributed by atoms with Crippen LogP contribution in [0.25, 0.3) is 0 Å². The Labute approximate surface area is 121 Å². The van der Waals surface area contributed by atoms with Crippen molar-refractivity contribution in [3.8, 4) is 0 Å². The van der Waals surface area contributed by atoms with Crippen LogP contribution >= 0.6 is 0 Å². The normalized spacial score (nSPS) is 23.9. The minimum Gasteiger partial charge on any atom is -0.384 e. The molecule has 2 unspecified atom stereocenters. The Balaban J connectivity index is 2.07. The van der Waals surface area contributed by atoms with Crippen LogP contribution in [0.15, 0.2) is 30.3 Å². The minimum absolute atomic E-state index is 0.0634. The van der Waals surface area contributed by atoms with Crippen LogP contribution in [0.3, 0.4) is 0 Å². The third kappa shape index (κ3) is 3.21. The number of rotatable bonds is 5. The van der Waals surface area contributed by atoms with Gasteiger partial charge in [-0.05, 0) is 25.3 Å². The summed E-state index contributed by atoms with van der Waals surface area (Å²) in [6, 6.07) is 10.4. The first kappa shape index (κ1) is 15.0. The summed E-state index contributed by atoms with van der Waals surface area (Å²) < 4.78 is 5.25. The number of hydrogen-bond donors (Lipinski definition) is 0. The summed E-state index contributed by atoms with van der Waals surface area (Å²) in [5.74, 6) is 0.671. The van der Waals surface area contributed by atoms with Gasteiger partial charge in [0.15, 0.2) is 0 Å². The zero-order valence-corrected chi connectivity index (χ0v) is 12.7. The van der Waals surface area contributed by atoms with Crippen molar-refractivity contribution in [2.24, 2.45) is 5.92 Å². The monoisotopic (exact) mass is 275 g/mol. The number of carbonyl (C=O) groups excluding carboxylic acids is 1. The molecular formula is C17H25NO2. The molecule has 1 amide bonds. The molecule has 0 spiro atoms. The number of likely N-dealkylation sites (tertiary alicyclic amines) is 1. The quantitative estimate of drug-likeness (QED) is 0.826. The van der Waals surface area contributed by atoms with Crippen LogP contribution in [0.2, 0.25) is 0 Å². The third-order valence-corrected chi connectivity index (χ3v) is 4.33. The number of nitrogens with zero attached hydrogens (tertiary/aromatic N) is 1. The van der Waals surface area contributed by atoms with Crippen molar-refractivity contribution in [2.75, 3.05) is 20.3 Å². The molecule has 1 aromatic rings. The van der Waals surface area contributed by atoms with Crippen LogP contribution in [0.4, 0.5) is 0 Å². The third-order valence-electron chi connectivity index (χ3n) is 4.33. The van der Waals surface area contributed by atoms with E-state index in [2.05, 4.69) is 11.8 Å². The lowest BCUT2D eigenvalue weighted by Gasteiger charge is -2.27. The largest absolute Gasteiger partial charge is 0.384 e. The fourth-order valence-corrected chi connectivity index (χ4v) is 3.16. The lowest BCUT2D eigenvalue weighted by Crippen LogP contribution is -2.38. The first-order valence-corrected chi connectivity index (χ1v) is 7.51. The minimum atomic E-state index is -0.0634. The van der Waals surface area contributed by atoms with Gasteiger partial charge in [0.1, 0.15) is 0 Å². The molecule has 0 radical (unpaired) electrons. The van der Waals surface area contributed by atoms with Crippen molar-refractivity contribution in [3.05, 3.63) is 35.9 Å². The topological polar surface area (TPSA) is 29.5 Å². The summed E-state index contributed by atoms with van der Waals surface area (Å²) in [6.07, 6.45) is 2.09. The molecule has 1 saturated heterocycles. The van der Waals surface area contributed by atoms with Gasteiger partial charge >= 0.3 is 0 Å². The number of methoxy groups -OCH3 is 1. The highest BCUT2D eigenvalue weighted by atomic mass is 16.5. The van der Waals surface area contributed by atoms with Crippen molar-refractivity contribution in [1.82, 2.24) is 4.90 Å². The van der Waals surface area contributed by atoms with E-state index in [4.69, 9.17) is 4.74 Å². The molecule has 0 bridgehead atoms. The van der Waals surface area contributed by atoms with Crippen LogP contribution in [-0.4, -0.2) is 37.1 Å². The van der Waals surface area contributed by atoms with Crippen molar-refractivity contribution < 1.29 is 9.53 Å². The summed E-state index contributed by atoms with van der Waals surface area (Å²) in [5, 5.41) is 0. The molecule has 3 heteroatoms. The van der Waals surface area contributed by atoms with Gasteiger partial charge in [0.25, 0.3) is 0 Å². The Morgan fingerprint density at radius 2 is 2.10 bits per heavy atom. The van der Waals surface area contributed by atoms with E-state index in [0.717, 1.165) is 31.6 Å². The highest BCUT2D eigenvalue weighted by Crippen LogP contribution is 2.29. The van der Waals surface area contributed by atoms with E-state index in [0.29, 0.717) is 12.0 Å². The molecule has 3 nitrogen and oxygen atoms in total. The summed E-state index contributed by atoms with van der Waals surface area (Å²) >= 11 is 0. The second-order valence-corrected chi connectivity index (χ2v) is 5.74. The average molecular weight is 275 g/mol. The number of benzene rings is 1. The molecular weight excluding hydrogens is 250 g/mol. The van der Waals surface area contributed by atoms with Gasteiger partial charge in [-0.2, -0.15) is 0 Å². The number of carbonyl (C=O) groups is 1. The second kappa shape index (κ2) is 6.89. The van der Waals surface area contributed by atoms with Crippen LogP contribution in [-0.2, 0) is 9.53 Å². The number of amides is 1.